The molecule has 0 saturated heterocycles. The van der Waals surface area contributed by atoms with Crippen LogP contribution in [0.15, 0.2) is 72.8 Å². The lowest BCUT2D eigenvalue weighted by molar-refractivity contribution is 0.220. The third kappa shape index (κ3) is 1.77. The minimum Gasteiger partial charge on any atom is -0.376 e. The van der Waals surface area contributed by atoms with E-state index in [1.165, 1.54) is 16.3 Å². The van der Waals surface area contributed by atoms with E-state index in [9.17, 15) is 5.11 Å². The number of hydrogen-bond donors (Lipinski definition) is 1. The van der Waals surface area contributed by atoms with E-state index >= 15 is 0 Å². The van der Waals surface area contributed by atoms with E-state index in [0.29, 0.717) is 0 Å². The van der Waals surface area contributed by atoms with Gasteiger partial charge in [0.05, 0.1) is 11.0 Å². The predicted molar refractivity (Wildman–Crippen MR) is 87.1 cm³/mol. The topological polar surface area (TPSA) is 25.2 Å². The number of rotatable bonds is 2. The lowest BCUT2D eigenvalue weighted by atomic mass is 10.0. The van der Waals surface area contributed by atoms with Gasteiger partial charge >= 0.3 is 0 Å². The highest BCUT2D eigenvalue weighted by atomic mass is 16.3. The summed E-state index contributed by atoms with van der Waals surface area (Å²) in [6, 6.07) is 24.8. The van der Waals surface area contributed by atoms with Gasteiger partial charge in [-0.25, -0.2) is 0 Å². The normalized spacial score (nSPS) is 11.3. The minimum absolute atomic E-state index is 0.0200. The van der Waals surface area contributed by atoms with Crippen LogP contribution >= 0.6 is 0 Å². The van der Waals surface area contributed by atoms with Crippen LogP contribution in [0.25, 0.3) is 32.9 Å². The second kappa shape index (κ2) is 4.76. The molecule has 0 saturated carbocycles. The molecule has 0 amide bonds. The van der Waals surface area contributed by atoms with Crippen LogP contribution in [0.3, 0.4) is 0 Å². The highest BCUT2D eigenvalue weighted by Gasteiger charge is 2.13. The number of aliphatic hydroxyl groups is 1. The van der Waals surface area contributed by atoms with Crippen molar-refractivity contribution in [1.29, 1.82) is 0 Å². The van der Waals surface area contributed by atoms with Crippen molar-refractivity contribution in [3.8, 4) is 11.1 Å². The monoisotopic (exact) mass is 273 g/mol. The Bertz CT molecular complexity index is 922. The molecular weight excluding hydrogens is 258 g/mol. The average molecular weight is 273 g/mol. The highest BCUT2D eigenvalue weighted by molar-refractivity contribution is 6.12. The molecule has 1 heterocycles. The molecule has 2 nitrogen and oxygen atoms in total. The van der Waals surface area contributed by atoms with E-state index in [4.69, 9.17) is 0 Å². The summed E-state index contributed by atoms with van der Waals surface area (Å²) < 4.78 is 1.98. The van der Waals surface area contributed by atoms with Gasteiger partial charge in [0.25, 0.3) is 0 Å². The quantitative estimate of drug-likeness (QED) is 0.575. The lowest BCUT2D eigenvalue weighted by Crippen LogP contribution is -1.97. The first-order chi connectivity index (χ1) is 10.4. The van der Waals surface area contributed by atoms with Crippen LogP contribution in [0.1, 0.15) is 0 Å². The second-order valence-electron chi connectivity index (χ2n) is 5.15. The summed E-state index contributed by atoms with van der Waals surface area (Å²) >= 11 is 0. The molecule has 2 heteroatoms. The number of aromatic nitrogens is 1. The molecule has 1 aromatic heterocycles. The van der Waals surface area contributed by atoms with E-state index in [2.05, 4.69) is 42.5 Å². The molecule has 0 aliphatic heterocycles. The number of nitrogens with zero attached hydrogens (tertiary/aromatic N) is 1. The zero-order valence-corrected chi connectivity index (χ0v) is 11.5. The van der Waals surface area contributed by atoms with E-state index in [1.54, 1.807) is 0 Å². The summed E-state index contributed by atoms with van der Waals surface area (Å²) in [4.78, 5) is 0. The standard InChI is InChI=1S/C19H15NO/c21-13-20-18-12-5-4-9-16(18)17-11-6-10-15(19(17)20)14-7-2-1-3-8-14/h1-12,21H,13H2. The van der Waals surface area contributed by atoms with E-state index in [1.807, 2.05) is 34.9 Å². The van der Waals surface area contributed by atoms with Crippen molar-refractivity contribution in [2.24, 2.45) is 0 Å². The first-order valence-electron chi connectivity index (χ1n) is 7.06. The summed E-state index contributed by atoms with van der Waals surface area (Å²) in [5, 5.41) is 12.2. The first kappa shape index (κ1) is 12.2. The number of para-hydroxylation sites is 2. The molecule has 0 radical (unpaired) electrons. The minimum atomic E-state index is -0.0200. The fourth-order valence-electron chi connectivity index (χ4n) is 3.11. The van der Waals surface area contributed by atoms with Crippen LogP contribution in [-0.2, 0) is 6.73 Å². The van der Waals surface area contributed by atoms with Crippen LogP contribution in [0.4, 0.5) is 0 Å². The van der Waals surface area contributed by atoms with Crippen LogP contribution in [0.5, 0.6) is 0 Å². The molecule has 0 aliphatic carbocycles. The maximum absolute atomic E-state index is 9.86. The molecule has 0 atom stereocenters. The van der Waals surface area contributed by atoms with Gasteiger partial charge in [0, 0.05) is 16.3 Å². The average Bonchev–Trinajstić information content (AvgIpc) is 2.89. The fraction of sp³-hybridized carbons (Fsp3) is 0.0526. The summed E-state index contributed by atoms with van der Waals surface area (Å²) in [5.41, 5.74) is 4.48. The molecule has 4 rings (SSSR count). The Labute approximate surface area is 122 Å². The third-order valence-corrected chi connectivity index (χ3v) is 4.02. The van der Waals surface area contributed by atoms with Gasteiger partial charge in [-0.15, -0.1) is 0 Å². The van der Waals surface area contributed by atoms with E-state index < -0.39 is 0 Å². The van der Waals surface area contributed by atoms with Crippen molar-refractivity contribution in [3.63, 3.8) is 0 Å². The van der Waals surface area contributed by atoms with Gasteiger partial charge in [0.1, 0.15) is 6.73 Å². The van der Waals surface area contributed by atoms with Gasteiger partial charge < -0.3 is 9.67 Å². The zero-order chi connectivity index (χ0) is 14.2. The van der Waals surface area contributed by atoms with E-state index in [0.717, 1.165) is 16.6 Å². The zero-order valence-electron chi connectivity index (χ0n) is 11.5. The number of fused-ring (bicyclic) bond motifs is 3. The summed E-state index contributed by atoms with van der Waals surface area (Å²) in [6.45, 7) is -0.0200. The molecule has 0 spiro atoms. The van der Waals surface area contributed by atoms with Crippen molar-refractivity contribution < 1.29 is 5.11 Å². The maximum atomic E-state index is 9.86. The van der Waals surface area contributed by atoms with Crippen LogP contribution in [-0.4, -0.2) is 9.67 Å². The number of hydrogen-bond acceptors (Lipinski definition) is 1. The van der Waals surface area contributed by atoms with Crippen molar-refractivity contribution in [2.75, 3.05) is 0 Å². The molecule has 0 aliphatic rings. The van der Waals surface area contributed by atoms with Crippen LogP contribution < -0.4 is 0 Å². The molecule has 0 unspecified atom stereocenters. The Balaban J connectivity index is 2.19. The van der Waals surface area contributed by atoms with Crippen molar-refractivity contribution in [2.45, 2.75) is 6.73 Å². The Kier molecular flexibility index (Phi) is 2.76. The fourth-order valence-corrected chi connectivity index (χ4v) is 3.11. The molecule has 0 fully saturated rings. The SMILES string of the molecule is OCn1c2ccccc2c2cccc(-c3ccccc3)c21. The Morgan fingerprint density at radius 3 is 2.24 bits per heavy atom. The van der Waals surface area contributed by atoms with Crippen LogP contribution in [0.2, 0.25) is 0 Å². The van der Waals surface area contributed by atoms with Crippen molar-refractivity contribution in [3.05, 3.63) is 72.8 Å². The molecule has 102 valence electrons. The number of benzene rings is 3. The van der Waals surface area contributed by atoms with E-state index in [-0.39, 0.29) is 6.73 Å². The first-order valence-corrected chi connectivity index (χ1v) is 7.06. The Morgan fingerprint density at radius 2 is 1.43 bits per heavy atom. The van der Waals surface area contributed by atoms with Gasteiger partial charge in [-0.1, -0.05) is 66.7 Å². The van der Waals surface area contributed by atoms with Gasteiger partial charge in [0.15, 0.2) is 0 Å². The third-order valence-electron chi connectivity index (χ3n) is 4.02. The van der Waals surface area contributed by atoms with Gasteiger partial charge in [-0.3, -0.25) is 0 Å². The van der Waals surface area contributed by atoms with Gasteiger partial charge in [-0.05, 0) is 11.6 Å². The van der Waals surface area contributed by atoms with Gasteiger partial charge in [-0.2, -0.15) is 0 Å². The summed E-state index contributed by atoms with van der Waals surface area (Å²) in [6.07, 6.45) is 0. The number of aliphatic hydroxyl groups excluding tert-OH is 1. The predicted octanol–water partition coefficient (Wildman–Crippen LogP) is 4.41. The molecule has 0 bridgehead atoms. The van der Waals surface area contributed by atoms with Crippen molar-refractivity contribution in [1.82, 2.24) is 4.57 Å². The molecule has 21 heavy (non-hydrogen) atoms. The largest absolute Gasteiger partial charge is 0.376 e. The van der Waals surface area contributed by atoms with Crippen molar-refractivity contribution >= 4 is 21.8 Å². The smallest absolute Gasteiger partial charge is 0.120 e. The summed E-state index contributed by atoms with van der Waals surface area (Å²) in [7, 11) is 0. The summed E-state index contributed by atoms with van der Waals surface area (Å²) in [5.74, 6) is 0. The highest BCUT2D eigenvalue weighted by Crippen LogP contribution is 2.35. The molecule has 3 aromatic carbocycles. The second-order valence-corrected chi connectivity index (χ2v) is 5.15. The Hall–Kier alpha value is -2.58. The van der Waals surface area contributed by atoms with Crippen LogP contribution in [0, 0.1) is 0 Å². The molecule has 1 N–H and O–H groups in total. The molecule has 4 aromatic rings. The lowest BCUT2D eigenvalue weighted by Gasteiger charge is -2.08. The maximum Gasteiger partial charge on any atom is 0.120 e. The van der Waals surface area contributed by atoms with Gasteiger partial charge in [0.2, 0.25) is 0 Å². The Morgan fingerprint density at radius 1 is 0.714 bits per heavy atom. The molecular formula is C19H15NO.